The number of carbonyl (C=O) groups is 2. The maximum atomic E-state index is 13.8. The van der Waals surface area contributed by atoms with Gasteiger partial charge in [0.15, 0.2) is 0 Å². The number of hydrogen-bond acceptors (Lipinski definition) is 5. The number of carbonyl (C=O) groups excluding carboxylic acids is 2. The van der Waals surface area contributed by atoms with Crippen LogP contribution in [0.3, 0.4) is 0 Å². The van der Waals surface area contributed by atoms with Crippen LogP contribution in [0.5, 0.6) is 0 Å². The number of benzene rings is 2. The summed E-state index contributed by atoms with van der Waals surface area (Å²) in [6.07, 6.45) is 1.84. The maximum Gasteiger partial charge on any atom is 0.267 e. The molecular weight excluding hydrogens is 492 g/mol. The first-order valence-corrected chi connectivity index (χ1v) is 13.4. The Balaban J connectivity index is 1.51. The van der Waals surface area contributed by atoms with Crippen LogP contribution < -0.4 is 10.9 Å². The van der Waals surface area contributed by atoms with Gasteiger partial charge in [-0.1, -0.05) is 35.9 Å². The first-order valence-electron chi connectivity index (χ1n) is 13.4. The molecule has 1 fully saturated rings. The molecule has 0 radical (unpaired) electrons. The summed E-state index contributed by atoms with van der Waals surface area (Å²) in [6.45, 7) is 10.9. The average Bonchev–Trinajstić information content (AvgIpc) is 3.33. The molecule has 206 valence electrons. The minimum absolute atomic E-state index is 0.172. The van der Waals surface area contributed by atoms with Crippen molar-refractivity contribution < 1.29 is 14.7 Å². The second-order valence-corrected chi connectivity index (χ2v) is 11.3. The molecule has 1 saturated heterocycles. The topological polar surface area (TPSA) is 115 Å². The number of aliphatic hydroxyl groups is 1. The molecule has 2 aromatic carbocycles. The van der Waals surface area contributed by atoms with E-state index in [2.05, 4.69) is 21.6 Å². The highest BCUT2D eigenvalue weighted by Crippen LogP contribution is 2.40. The summed E-state index contributed by atoms with van der Waals surface area (Å²) in [7, 11) is 0. The van der Waals surface area contributed by atoms with Gasteiger partial charge in [0.2, 0.25) is 5.91 Å². The predicted octanol–water partition coefficient (Wildman–Crippen LogP) is 3.91. The third kappa shape index (κ3) is 6.28. The summed E-state index contributed by atoms with van der Waals surface area (Å²) in [6, 6.07) is 13.8. The molecule has 4 rings (SSSR count). The molecule has 3 atom stereocenters. The highest BCUT2D eigenvalue weighted by molar-refractivity contribution is 5.97. The number of aryl methyl sites for hydroxylation is 3. The first kappa shape index (κ1) is 28.2. The number of hydrogen-bond donors (Lipinski definition) is 3. The fourth-order valence-electron chi connectivity index (χ4n) is 5.51. The van der Waals surface area contributed by atoms with Crippen LogP contribution in [-0.2, 0) is 11.2 Å². The third-order valence-electron chi connectivity index (χ3n) is 7.59. The van der Waals surface area contributed by atoms with E-state index in [9.17, 15) is 19.5 Å². The molecule has 2 heterocycles. The van der Waals surface area contributed by atoms with Gasteiger partial charge < -0.3 is 15.3 Å². The molecule has 0 unspecified atom stereocenters. The van der Waals surface area contributed by atoms with Crippen LogP contribution >= 0.6 is 0 Å². The van der Waals surface area contributed by atoms with Gasteiger partial charge in [0.1, 0.15) is 6.04 Å². The minimum Gasteiger partial charge on any atom is -0.388 e. The molecule has 0 spiro atoms. The van der Waals surface area contributed by atoms with Crippen molar-refractivity contribution >= 4 is 11.8 Å². The van der Waals surface area contributed by atoms with Gasteiger partial charge in [-0.25, -0.2) is 5.10 Å². The highest BCUT2D eigenvalue weighted by atomic mass is 16.3. The van der Waals surface area contributed by atoms with Crippen LogP contribution in [0.4, 0.5) is 0 Å². The van der Waals surface area contributed by atoms with Gasteiger partial charge >= 0.3 is 0 Å². The Morgan fingerprint density at radius 1 is 1.10 bits per heavy atom. The Kier molecular flexibility index (Phi) is 8.07. The van der Waals surface area contributed by atoms with Crippen molar-refractivity contribution in [2.24, 2.45) is 0 Å². The normalized spacial score (nSPS) is 18.2. The number of likely N-dealkylation sites (tertiary alicyclic amines) is 1. The van der Waals surface area contributed by atoms with Gasteiger partial charge in [-0.15, -0.1) is 0 Å². The molecule has 8 nitrogen and oxygen atoms in total. The molecule has 1 aliphatic heterocycles. The number of nitrogens with one attached hydrogen (secondary N) is 2. The van der Waals surface area contributed by atoms with Gasteiger partial charge in [-0.3, -0.25) is 14.4 Å². The Hall–Kier alpha value is -3.78. The first-order chi connectivity index (χ1) is 18.3. The lowest BCUT2D eigenvalue weighted by Gasteiger charge is -2.38. The lowest BCUT2D eigenvalue weighted by Crippen LogP contribution is -2.54. The van der Waals surface area contributed by atoms with E-state index in [1.165, 1.54) is 0 Å². The zero-order valence-corrected chi connectivity index (χ0v) is 23.5. The van der Waals surface area contributed by atoms with Gasteiger partial charge in [-0.2, -0.15) is 5.10 Å². The van der Waals surface area contributed by atoms with Crippen molar-refractivity contribution in [3.8, 4) is 0 Å². The van der Waals surface area contributed by atoms with Crippen LogP contribution in [0.1, 0.15) is 83.5 Å². The van der Waals surface area contributed by atoms with Crippen LogP contribution in [-0.4, -0.2) is 49.7 Å². The van der Waals surface area contributed by atoms with E-state index in [1.54, 1.807) is 43.9 Å². The van der Waals surface area contributed by atoms with Crippen LogP contribution in [0.25, 0.3) is 0 Å². The van der Waals surface area contributed by atoms with Crippen LogP contribution in [0, 0.1) is 20.8 Å². The molecule has 1 aromatic heterocycles. The second-order valence-electron chi connectivity index (χ2n) is 11.3. The summed E-state index contributed by atoms with van der Waals surface area (Å²) in [5.41, 5.74) is 4.40. The van der Waals surface area contributed by atoms with E-state index in [-0.39, 0.29) is 29.5 Å². The van der Waals surface area contributed by atoms with Crippen LogP contribution in [0.2, 0.25) is 0 Å². The standard InChI is InChI=1S/C31H38N4O4/c1-18-8-7-9-23(14-18)26-12-13-27(31(5,6)39)35(26)30(38)21(4)32-28(36)24-11-10-22(19(2)15-24)17-25-16-20(3)33-34-29(25)37/h7-11,14-16,21,26-27,39H,12-13,17H2,1-6H3,(H,32,36)(H,34,37)/t21-,26+,27-/m1/s1. The number of nitrogens with zero attached hydrogens (tertiary/aromatic N) is 2. The summed E-state index contributed by atoms with van der Waals surface area (Å²) in [5, 5.41) is 20.2. The second kappa shape index (κ2) is 11.1. The smallest absolute Gasteiger partial charge is 0.267 e. The Morgan fingerprint density at radius 2 is 1.85 bits per heavy atom. The maximum absolute atomic E-state index is 13.8. The van der Waals surface area contributed by atoms with Gasteiger partial charge in [0.25, 0.3) is 11.5 Å². The molecule has 1 aliphatic rings. The molecule has 0 saturated carbocycles. The summed E-state index contributed by atoms with van der Waals surface area (Å²) in [5.74, 6) is -0.575. The molecule has 39 heavy (non-hydrogen) atoms. The molecule has 0 bridgehead atoms. The van der Waals surface area contributed by atoms with E-state index in [0.717, 1.165) is 34.4 Å². The molecule has 3 aromatic rings. The number of aromatic nitrogens is 2. The fraction of sp³-hybridized carbons (Fsp3) is 0.419. The lowest BCUT2D eigenvalue weighted by atomic mass is 9.96. The predicted molar refractivity (Wildman–Crippen MR) is 151 cm³/mol. The van der Waals surface area contributed by atoms with E-state index in [1.807, 2.05) is 45.0 Å². The fourth-order valence-corrected chi connectivity index (χ4v) is 5.51. The SMILES string of the molecule is Cc1cccc([C@@H]2CC[C@H](C(C)(C)O)N2C(=O)[C@@H](C)NC(=O)c2ccc(Cc3cc(C)n[nH]c3=O)c(C)c2)c1. The monoisotopic (exact) mass is 530 g/mol. The summed E-state index contributed by atoms with van der Waals surface area (Å²) in [4.78, 5) is 40.9. The number of amides is 2. The van der Waals surface area contributed by atoms with E-state index >= 15 is 0 Å². The zero-order valence-electron chi connectivity index (χ0n) is 23.5. The lowest BCUT2D eigenvalue weighted by molar-refractivity contribution is -0.141. The van der Waals surface area contributed by atoms with Crippen molar-refractivity contribution in [2.45, 2.75) is 84.5 Å². The van der Waals surface area contributed by atoms with Crippen molar-refractivity contribution in [1.29, 1.82) is 0 Å². The number of aromatic amines is 1. The average molecular weight is 531 g/mol. The number of rotatable bonds is 7. The molecule has 2 amide bonds. The third-order valence-corrected chi connectivity index (χ3v) is 7.59. The van der Waals surface area contributed by atoms with Crippen LogP contribution in [0.15, 0.2) is 53.3 Å². The summed E-state index contributed by atoms with van der Waals surface area (Å²) < 4.78 is 0. The van der Waals surface area contributed by atoms with Gasteiger partial charge in [0.05, 0.1) is 23.4 Å². The molecule has 0 aliphatic carbocycles. The Morgan fingerprint density at radius 3 is 2.51 bits per heavy atom. The Bertz CT molecular complexity index is 1440. The quantitative estimate of drug-likeness (QED) is 0.429. The summed E-state index contributed by atoms with van der Waals surface area (Å²) >= 11 is 0. The van der Waals surface area contributed by atoms with Crippen molar-refractivity contribution in [2.75, 3.05) is 0 Å². The van der Waals surface area contributed by atoms with Gasteiger partial charge in [0, 0.05) is 17.5 Å². The van der Waals surface area contributed by atoms with E-state index in [4.69, 9.17) is 0 Å². The van der Waals surface area contributed by atoms with Gasteiger partial charge in [-0.05, 0) is 89.3 Å². The highest BCUT2D eigenvalue weighted by Gasteiger charge is 2.45. The minimum atomic E-state index is -1.08. The van der Waals surface area contributed by atoms with Crippen molar-refractivity contribution in [3.63, 3.8) is 0 Å². The molecule has 3 N–H and O–H groups in total. The van der Waals surface area contributed by atoms with Crippen molar-refractivity contribution in [3.05, 3.63) is 98.0 Å². The molecule has 8 heteroatoms. The Labute approximate surface area is 229 Å². The zero-order chi connectivity index (χ0) is 28.5. The van der Waals surface area contributed by atoms with E-state index < -0.39 is 11.6 Å². The number of H-pyrrole nitrogens is 1. The molecular formula is C31H38N4O4. The largest absolute Gasteiger partial charge is 0.388 e. The van der Waals surface area contributed by atoms with E-state index in [0.29, 0.717) is 24.0 Å². The van der Waals surface area contributed by atoms with Crippen molar-refractivity contribution in [1.82, 2.24) is 20.4 Å².